The van der Waals surface area contributed by atoms with Crippen LogP contribution in [-0.4, -0.2) is 79.5 Å². The van der Waals surface area contributed by atoms with Crippen molar-refractivity contribution < 1.29 is 47.8 Å². The quantitative estimate of drug-likeness (QED) is 0.159. The fraction of sp³-hybridized carbons (Fsp3) is 0.696. The van der Waals surface area contributed by atoms with Crippen LogP contribution >= 0.6 is 7.82 Å². The highest BCUT2D eigenvalue weighted by Gasteiger charge is 2.31. The summed E-state index contributed by atoms with van der Waals surface area (Å²) in [5.74, 6) is 0.443. The Morgan fingerprint density at radius 1 is 1.00 bits per heavy atom. The molecule has 0 amide bonds. The SMILES string of the molecule is CCCCCOc1cccc(OCCCCCOP(=O)(O)OC(CC(=O)O)C[N+](C)(C)C)c1.[OH-]. The van der Waals surface area contributed by atoms with Crippen LogP contribution in [0.1, 0.15) is 51.9 Å². The second-order valence-corrected chi connectivity index (χ2v) is 10.4. The van der Waals surface area contributed by atoms with Crippen molar-refractivity contribution in [1.82, 2.24) is 0 Å². The molecular formula is C23H42NO9P. The van der Waals surface area contributed by atoms with Crippen molar-refractivity contribution in [3.05, 3.63) is 24.3 Å². The number of ether oxygens (including phenoxy) is 2. The molecule has 1 aromatic carbocycles. The molecule has 0 saturated carbocycles. The second-order valence-electron chi connectivity index (χ2n) is 9.04. The molecular weight excluding hydrogens is 465 g/mol. The number of rotatable bonds is 19. The molecule has 0 aliphatic heterocycles. The van der Waals surface area contributed by atoms with Gasteiger partial charge in [0.15, 0.2) is 0 Å². The molecule has 0 aliphatic rings. The standard InChI is InChI=1S/C23H40NO8P.H2O/c1-5-6-8-14-29-20-12-11-13-21(17-20)30-15-9-7-10-16-31-33(27,28)32-22(18-23(25)26)19-24(2,3)4;/h11-13,17,22H,5-10,14-16,18-19H2,1-4H3,(H-,25,26,27,28);1H2. The third-order valence-electron chi connectivity index (χ3n) is 4.57. The average Bonchev–Trinajstić information content (AvgIpc) is 2.68. The molecule has 0 spiro atoms. The zero-order valence-electron chi connectivity index (χ0n) is 20.9. The molecule has 1 rings (SSSR count). The van der Waals surface area contributed by atoms with Crippen LogP contribution in [0.25, 0.3) is 0 Å². The van der Waals surface area contributed by atoms with Crippen molar-refractivity contribution in [3.63, 3.8) is 0 Å². The molecule has 34 heavy (non-hydrogen) atoms. The fourth-order valence-electron chi connectivity index (χ4n) is 3.11. The van der Waals surface area contributed by atoms with Crippen LogP contribution in [0.5, 0.6) is 11.5 Å². The molecule has 2 unspecified atom stereocenters. The molecule has 0 aliphatic carbocycles. The van der Waals surface area contributed by atoms with E-state index >= 15 is 0 Å². The molecule has 198 valence electrons. The Kier molecular flexibility index (Phi) is 16.0. The molecule has 0 bridgehead atoms. The van der Waals surface area contributed by atoms with E-state index in [-0.39, 0.29) is 25.0 Å². The minimum absolute atomic E-state index is 0. The number of quaternary nitrogens is 1. The maximum Gasteiger partial charge on any atom is 0.472 e. The zero-order valence-corrected chi connectivity index (χ0v) is 21.7. The molecule has 0 saturated heterocycles. The van der Waals surface area contributed by atoms with Crippen LogP contribution in [0.2, 0.25) is 0 Å². The van der Waals surface area contributed by atoms with Crippen LogP contribution in [0.15, 0.2) is 24.3 Å². The van der Waals surface area contributed by atoms with Gasteiger partial charge in [-0.3, -0.25) is 13.8 Å². The number of phosphoric acid groups is 1. The van der Waals surface area contributed by atoms with Crippen LogP contribution in [0.3, 0.4) is 0 Å². The highest BCUT2D eigenvalue weighted by Crippen LogP contribution is 2.45. The summed E-state index contributed by atoms with van der Waals surface area (Å²) in [4.78, 5) is 21.0. The van der Waals surface area contributed by atoms with E-state index in [2.05, 4.69) is 6.92 Å². The van der Waals surface area contributed by atoms with Gasteiger partial charge in [-0.1, -0.05) is 25.8 Å². The van der Waals surface area contributed by atoms with E-state index in [1.54, 1.807) is 0 Å². The molecule has 1 aromatic rings. The second kappa shape index (κ2) is 16.9. The van der Waals surface area contributed by atoms with Crippen LogP contribution in [0.4, 0.5) is 0 Å². The van der Waals surface area contributed by atoms with Crippen molar-refractivity contribution in [2.24, 2.45) is 0 Å². The smallest absolute Gasteiger partial charge is 0.472 e. The van der Waals surface area contributed by atoms with Crippen molar-refractivity contribution in [2.45, 2.75) is 58.0 Å². The van der Waals surface area contributed by atoms with E-state index in [1.165, 1.54) is 0 Å². The summed E-state index contributed by atoms with van der Waals surface area (Å²) in [6.07, 6.45) is 4.10. The van der Waals surface area contributed by atoms with Gasteiger partial charge >= 0.3 is 13.8 Å². The van der Waals surface area contributed by atoms with Gasteiger partial charge in [0.05, 0.1) is 47.4 Å². The van der Waals surface area contributed by atoms with E-state index in [4.69, 9.17) is 23.6 Å². The topological polar surface area (TPSA) is 142 Å². The van der Waals surface area contributed by atoms with Crippen molar-refractivity contribution in [1.29, 1.82) is 0 Å². The van der Waals surface area contributed by atoms with Gasteiger partial charge < -0.3 is 29.4 Å². The summed E-state index contributed by atoms with van der Waals surface area (Å²) in [6.45, 7) is 3.67. The number of benzene rings is 1. The lowest BCUT2D eigenvalue weighted by molar-refractivity contribution is -0.873. The van der Waals surface area contributed by atoms with Gasteiger partial charge in [-0.2, -0.15) is 0 Å². The third kappa shape index (κ3) is 16.9. The molecule has 0 radical (unpaired) electrons. The summed E-state index contributed by atoms with van der Waals surface area (Å²) in [7, 11) is 1.21. The van der Waals surface area contributed by atoms with Gasteiger partial charge in [-0.25, -0.2) is 4.57 Å². The number of hydrogen-bond donors (Lipinski definition) is 2. The largest absolute Gasteiger partial charge is 0.870 e. The number of likely N-dealkylation sites (N-methyl/N-ethyl adjacent to an activating group) is 1. The molecule has 11 heteroatoms. The van der Waals surface area contributed by atoms with Gasteiger partial charge in [0, 0.05) is 6.07 Å². The average molecular weight is 508 g/mol. The van der Waals surface area contributed by atoms with E-state index in [1.807, 2.05) is 45.4 Å². The van der Waals surface area contributed by atoms with Gasteiger partial charge in [0.1, 0.15) is 24.1 Å². The zero-order chi connectivity index (χ0) is 24.7. The highest BCUT2D eigenvalue weighted by molar-refractivity contribution is 7.47. The summed E-state index contributed by atoms with van der Waals surface area (Å²) >= 11 is 0. The van der Waals surface area contributed by atoms with E-state index in [0.717, 1.165) is 43.6 Å². The van der Waals surface area contributed by atoms with Crippen LogP contribution < -0.4 is 9.47 Å². The maximum absolute atomic E-state index is 12.2. The number of phosphoric ester groups is 1. The fourth-order valence-corrected chi connectivity index (χ4v) is 4.04. The number of carboxylic acid groups (broad SMARTS) is 1. The van der Waals surface area contributed by atoms with Gasteiger partial charge in [-0.05, 0) is 37.8 Å². The van der Waals surface area contributed by atoms with Crippen molar-refractivity contribution >= 4 is 13.8 Å². The number of carbonyl (C=O) groups is 1. The first-order valence-corrected chi connectivity index (χ1v) is 13.0. The highest BCUT2D eigenvalue weighted by atomic mass is 31.2. The Morgan fingerprint density at radius 2 is 1.56 bits per heavy atom. The molecule has 3 N–H and O–H groups in total. The first-order valence-electron chi connectivity index (χ1n) is 11.5. The van der Waals surface area contributed by atoms with Gasteiger partial charge in [0.2, 0.25) is 0 Å². The molecule has 0 aromatic heterocycles. The number of nitrogens with zero attached hydrogens (tertiary/aromatic N) is 1. The van der Waals surface area contributed by atoms with Gasteiger partial charge in [0.25, 0.3) is 0 Å². The first-order chi connectivity index (χ1) is 15.5. The molecule has 2 atom stereocenters. The van der Waals surface area contributed by atoms with Crippen LogP contribution in [-0.2, 0) is 18.4 Å². The Morgan fingerprint density at radius 3 is 2.09 bits per heavy atom. The Hall–Kier alpha value is -1.68. The van der Waals surface area contributed by atoms with Crippen molar-refractivity contribution in [3.8, 4) is 11.5 Å². The van der Waals surface area contributed by atoms with E-state index in [9.17, 15) is 14.3 Å². The lowest BCUT2D eigenvalue weighted by atomic mass is 10.2. The van der Waals surface area contributed by atoms with E-state index in [0.29, 0.717) is 24.1 Å². The number of hydrogen-bond acceptors (Lipinski definition) is 7. The van der Waals surface area contributed by atoms with Crippen LogP contribution in [0, 0.1) is 0 Å². The molecule has 0 heterocycles. The van der Waals surface area contributed by atoms with E-state index < -0.39 is 19.9 Å². The normalized spacial score (nSPS) is 14.0. The molecule has 10 nitrogen and oxygen atoms in total. The lowest BCUT2D eigenvalue weighted by Gasteiger charge is -2.29. The van der Waals surface area contributed by atoms with Gasteiger partial charge in [-0.15, -0.1) is 0 Å². The predicted octanol–water partition coefficient (Wildman–Crippen LogP) is 4.31. The third-order valence-corrected chi connectivity index (χ3v) is 5.64. The monoisotopic (exact) mass is 507 g/mol. The summed E-state index contributed by atoms with van der Waals surface area (Å²) in [5.41, 5.74) is 0. The Bertz CT molecular complexity index is 739. The minimum Gasteiger partial charge on any atom is -0.870 e. The summed E-state index contributed by atoms with van der Waals surface area (Å²) < 4.78 is 34.2. The maximum atomic E-state index is 12.2. The number of carboxylic acids is 1. The number of aliphatic carboxylic acids is 1. The summed E-state index contributed by atoms with van der Waals surface area (Å²) in [6, 6.07) is 7.56. The minimum atomic E-state index is -4.33. The predicted molar refractivity (Wildman–Crippen MR) is 129 cm³/mol. The Balaban J connectivity index is 0.0000109. The number of unbranched alkanes of at least 4 members (excludes halogenated alkanes) is 4. The first kappa shape index (κ1) is 32.3. The Labute approximate surface area is 203 Å². The lowest BCUT2D eigenvalue weighted by Crippen LogP contribution is -2.42. The molecule has 0 fully saturated rings. The summed E-state index contributed by atoms with van der Waals surface area (Å²) in [5, 5.41) is 9.01. The van der Waals surface area contributed by atoms with Crippen molar-refractivity contribution in [2.75, 3.05) is 47.5 Å².